The highest BCUT2D eigenvalue weighted by Gasteiger charge is 2.35. The zero-order valence-corrected chi connectivity index (χ0v) is 22.3. The number of aliphatic hydroxyl groups excluding tert-OH is 1. The van der Waals surface area contributed by atoms with Crippen LogP contribution in [-0.2, 0) is 9.47 Å². The number of urea groups is 1. The van der Waals surface area contributed by atoms with E-state index < -0.39 is 18.3 Å². The first kappa shape index (κ1) is 29.1. The van der Waals surface area contributed by atoms with Gasteiger partial charge in [0.15, 0.2) is 0 Å². The quantitative estimate of drug-likeness (QED) is 0.332. The molecule has 3 amide bonds. The highest BCUT2D eigenvalue weighted by molar-refractivity contribution is 5.74. The van der Waals surface area contributed by atoms with Gasteiger partial charge in [0.05, 0.1) is 32.0 Å². The van der Waals surface area contributed by atoms with Crippen LogP contribution in [-0.4, -0.2) is 81.2 Å². The fourth-order valence-corrected chi connectivity index (χ4v) is 5.60. The van der Waals surface area contributed by atoms with Crippen molar-refractivity contribution in [1.82, 2.24) is 20.9 Å². The molecule has 10 heteroatoms. The van der Waals surface area contributed by atoms with Gasteiger partial charge in [-0.1, -0.05) is 18.9 Å². The summed E-state index contributed by atoms with van der Waals surface area (Å²) in [5.41, 5.74) is 1.65. The lowest BCUT2D eigenvalue weighted by Crippen LogP contribution is -2.56. The molecule has 9 nitrogen and oxygen atoms in total. The molecule has 2 fully saturated rings. The number of benzene rings is 1. The van der Waals surface area contributed by atoms with Crippen LogP contribution in [0.5, 0.6) is 0 Å². The monoisotopic (exact) mass is 522 g/mol. The zero-order valence-electron chi connectivity index (χ0n) is 22.3. The molecule has 1 aliphatic heterocycles. The molecule has 1 heterocycles. The topological polar surface area (TPSA) is 112 Å². The summed E-state index contributed by atoms with van der Waals surface area (Å²) in [7, 11) is 3.11. The Morgan fingerprint density at radius 3 is 2.62 bits per heavy atom. The predicted molar refractivity (Wildman–Crippen MR) is 139 cm³/mol. The molecular formula is C27H43FN4O5. The number of nitrogens with zero attached hydrogens (tertiary/aromatic N) is 1. The average molecular weight is 523 g/mol. The number of nitrogens with one attached hydrogen (secondary N) is 3. The number of carbonyl (C=O) groups is 2. The van der Waals surface area contributed by atoms with E-state index in [4.69, 9.17) is 4.74 Å². The Balaban J connectivity index is 1.69. The van der Waals surface area contributed by atoms with Crippen molar-refractivity contribution in [3.05, 3.63) is 35.1 Å². The van der Waals surface area contributed by atoms with E-state index in [9.17, 15) is 19.1 Å². The number of alkyl carbamates (subject to hydrolysis) is 1. The number of rotatable bonds is 11. The number of hydrogen-bond donors (Lipinski definition) is 4. The first-order chi connectivity index (χ1) is 17.8. The van der Waals surface area contributed by atoms with Crippen molar-refractivity contribution in [3.63, 3.8) is 0 Å². The van der Waals surface area contributed by atoms with Gasteiger partial charge in [0.2, 0.25) is 0 Å². The summed E-state index contributed by atoms with van der Waals surface area (Å²) in [6, 6.07) is 4.07. The van der Waals surface area contributed by atoms with E-state index in [1.807, 2.05) is 14.0 Å². The molecule has 4 N–H and O–H groups in total. The lowest BCUT2D eigenvalue weighted by Gasteiger charge is -2.38. The maximum Gasteiger partial charge on any atom is 0.406 e. The highest BCUT2D eigenvalue weighted by atomic mass is 19.1. The summed E-state index contributed by atoms with van der Waals surface area (Å²) in [6.45, 7) is 3.92. The molecule has 208 valence electrons. The summed E-state index contributed by atoms with van der Waals surface area (Å²) >= 11 is 0. The first-order valence-electron chi connectivity index (χ1n) is 13.4. The minimum atomic E-state index is -0.590. The predicted octanol–water partition coefficient (Wildman–Crippen LogP) is 3.11. The van der Waals surface area contributed by atoms with Crippen LogP contribution in [0.4, 0.5) is 14.0 Å². The molecular weight excluding hydrogens is 479 g/mol. The van der Waals surface area contributed by atoms with E-state index in [0.717, 1.165) is 49.7 Å². The summed E-state index contributed by atoms with van der Waals surface area (Å²) in [6.07, 6.45) is 4.24. The molecule has 2 aliphatic rings. The van der Waals surface area contributed by atoms with Crippen molar-refractivity contribution in [2.24, 2.45) is 11.8 Å². The number of likely N-dealkylation sites (N-methyl/N-ethyl adjacent to an activating group) is 1. The maximum absolute atomic E-state index is 14.2. The lowest BCUT2D eigenvalue weighted by molar-refractivity contribution is -0.00970. The van der Waals surface area contributed by atoms with E-state index in [0.29, 0.717) is 19.6 Å². The Hall–Kier alpha value is -2.43. The number of halogens is 1. The first-order valence-corrected chi connectivity index (χ1v) is 13.4. The van der Waals surface area contributed by atoms with Gasteiger partial charge in [0.25, 0.3) is 0 Å². The molecule has 0 spiro atoms. The largest absolute Gasteiger partial charge is 0.453 e. The zero-order chi connectivity index (χ0) is 26.8. The Morgan fingerprint density at radius 2 is 1.92 bits per heavy atom. The van der Waals surface area contributed by atoms with Gasteiger partial charge in [-0.15, -0.1) is 0 Å². The van der Waals surface area contributed by atoms with E-state index in [2.05, 4.69) is 20.7 Å². The number of ether oxygens (including phenoxy) is 2. The summed E-state index contributed by atoms with van der Waals surface area (Å²) < 4.78 is 25.0. The van der Waals surface area contributed by atoms with Gasteiger partial charge in [0, 0.05) is 32.1 Å². The second-order valence-corrected chi connectivity index (χ2v) is 10.2. The number of amides is 3. The number of likely N-dealkylation sites (tertiary alicyclic amines) is 1. The third-order valence-electron chi connectivity index (χ3n) is 7.60. The Kier molecular flexibility index (Phi) is 11.4. The van der Waals surface area contributed by atoms with Gasteiger partial charge in [-0.2, -0.15) is 0 Å². The van der Waals surface area contributed by atoms with Gasteiger partial charge in [-0.05, 0) is 68.8 Å². The Morgan fingerprint density at radius 1 is 1.19 bits per heavy atom. The number of methoxy groups -OCH3 is 1. The molecule has 1 aliphatic carbocycles. The highest BCUT2D eigenvalue weighted by Crippen LogP contribution is 2.35. The average Bonchev–Trinajstić information content (AvgIpc) is 3.44. The van der Waals surface area contributed by atoms with Crippen LogP contribution in [0.2, 0.25) is 0 Å². The van der Waals surface area contributed by atoms with E-state index in [1.165, 1.54) is 19.2 Å². The molecule has 0 aromatic heterocycles. The van der Waals surface area contributed by atoms with Gasteiger partial charge >= 0.3 is 12.1 Å². The van der Waals surface area contributed by atoms with E-state index in [1.54, 1.807) is 11.0 Å². The van der Waals surface area contributed by atoms with Crippen LogP contribution in [0.1, 0.15) is 55.8 Å². The Bertz CT molecular complexity index is 882. The molecule has 37 heavy (non-hydrogen) atoms. The summed E-state index contributed by atoms with van der Waals surface area (Å²) in [5, 5.41) is 19.7. The fraction of sp³-hybridized carbons (Fsp3) is 0.704. The van der Waals surface area contributed by atoms with Crippen molar-refractivity contribution in [1.29, 1.82) is 0 Å². The normalized spacial score (nSPS) is 20.8. The minimum Gasteiger partial charge on any atom is -0.453 e. The van der Waals surface area contributed by atoms with Crippen molar-refractivity contribution < 1.29 is 28.6 Å². The molecule has 3 rings (SSSR count). The molecule has 4 atom stereocenters. The van der Waals surface area contributed by atoms with Crippen molar-refractivity contribution in [2.45, 2.75) is 63.7 Å². The smallest absolute Gasteiger partial charge is 0.406 e. The van der Waals surface area contributed by atoms with Gasteiger partial charge in [-0.3, -0.25) is 0 Å². The van der Waals surface area contributed by atoms with Gasteiger partial charge in [0.1, 0.15) is 5.82 Å². The maximum atomic E-state index is 14.2. The standard InChI is InChI=1S/C27H43FN4O5/c1-18-10-11-21(28)15-22(18)25(37-14-12-30-27(35)36-3)20-9-6-13-32(17-20)26(34)31-23(16-29-2)24(33)19-7-4-5-8-19/h10-11,15,19-20,23-25,29,33H,4-9,12-14,16-17H2,1-3H3,(H,30,35)(H,31,34)/t20-,23-,24+,25-/m1/s1. The van der Waals surface area contributed by atoms with Crippen LogP contribution in [0.15, 0.2) is 18.2 Å². The van der Waals surface area contributed by atoms with Crippen LogP contribution in [0, 0.1) is 24.6 Å². The number of aliphatic hydroxyl groups is 1. The molecule has 0 radical (unpaired) electrons. The van der Waals surface area contributed by atoms with Crippen LogP contribution in [0.3, 0.4) is 0 Å². The van der Waals surface area contributed by atoms with Gasteiger partial charge < -0.3 is 35.4 Å². The second kappa shape index (κ2) is 14.5. The summed E-state index contributed by atoms with van der Waals surface area (Å²) in [4.78, 5) is 26.5. The Labute approximate surface area is 219 Å². The molecule has 1 aromatic rings. The van der Waals surface area contributed by atoms with Crippen molar-refractivity contribution in [3.8, 4) is 0 Å². The number of piperidine rings is 1. The third kappa shape index (κ3) is 8.28. The van der Waals surface area contributed by atoms with E-state index >= 15 is 0 Å². The molecule has 0 unspecified atom stereocenters. The molecule has 1 saturated carbocycles. The van der Waals surface area contributed by atoms with Crippen LogP contribution in [0.25, 0.3) is 0 Å². The summed E-state index contributed by atoms with van der Waals surface area (Å²) in [5.74, 6) is -0.191. The van der Waals surface area contributed by atoms with Crippen LogP contribution < -0.4 is 16.0 Å². The molecule has 1 aromatic carbocycles. The van der Waals surface area contributed by atoms with Crippen molar-refractivity contribution >= 4 is 12.1 Å². The van der Waals surface area contributed by atoms with Gasteiger partial charge in [-0.25, -0.2) is 14.0 Å². The fourth-order valence-electron chi connectivity index (χ4n) is 5.60. The lowest BCUT2D eigenvalue weighted by atomic mass is 9.86. The minimum absolute atomic E-state index is 0.0550. The SMILES string of the molecule is CNC[C@@H](NC(=O)N1CCC[C@@H]([C@@H](OCCNC(=O)OC)c2cc(F)ccc2C)C1)[C@@H](O)C1CCCC1. The van der Waals surface area contributed by atoms with E-state index in [-0.39, 0.29) is 42.9 Å². The second-order valence-electron chi connectivity index (χ2n) is 10.2. The third-order valence-corrected chi connectivity index (χ3v) is 7.60. The van der Waals surface area contributed by atoms with Crippen molar-refractivity contribution in [2.75, 3.05) is 46.9 Å². The number of hydrogen-bond acceptors (Lipinski definition) is 6. The molecule has 0 bridgehead atoms. The molecule has 1 saturated heterocycles. The number of aryl methyl sites for hydroxylation is 1. The van der Waals surface area contributed by atoms with Crippen LogP contribution >= 0.6 is 0 Å². The number of carbonyl (C=O) groups excluding carboxylic acids is 2.